The molecule has 1 heterocycles. The van der Waals surface area contributed by atoms with Gasteiger partial charge in [0.15, 0.2) is 5.78 Å². The predicted molar refractivity (Wildman–Crippen MR) is 73.5 cm³/mol. The first kappa shape index (κ1) is 12.7. The molecule has 2 aromatic rings. The molecule has 3 nitrogen and oxygen atoms in total. The number of Topliss-reactive ketones (excluding diaryl/α,β-unsaturated/α-hetero) is 1. The number of carbonyl (C=O) groups excluding carboxylic acids is 1. The number of benzene rings is 1. The number of ketones is 1. The van der Waals surface area contributed by atoms with Gasteiger partial charge in [-0.15, -0.1) is 0 Å². The minimum atomic E-state index is 0.165. The molecular formula is C15H18N2O. The quantitative estimate of drug-likeness (QED) is 0.820. The highest BCUT2D eigenvalue weighted by Crippen LogP contribution is 2.17. The van der Waals surface area contributed by atoms with Gasteiger partial charge >= 0.3 is 0 Å². The Morgan fingerprint density at radius 2 is 2.22 bits per heavy atom. The summed E-state index contributed by atoms with van der Waals surface area (Å²) in [4.78, 5) is 16.4. The monoisotopic (exact) mass is 242 g/mol. The van der Waals surface area contributed by atoms with Gasteiger partial charge in [0.25, 0.3) is 0 Å². The predicted octanol–water partition coefficient (Wildman–Crippen LogP) is 2.79. The van der Waals surface area contributed by atoms with E-state index in [1.807, 2.05) is 30.3 Å². The lowest BCUT2D eigenvalue weighted by molar-refractivity contribution is 0.0961. The Morgan fingerprint density at radius 3 is 2.94 bits per heavy atom. The van der Waals surface area contributed by atoms with E-state index in [1.54, 1.807) is 6.20 Å². The van der Waals surface area contributed by atoms with Crippen LogP contribution in [0.2, 0.25) is 0 Å². The van der Waals surface area contributed by atoms with Crippen molar-refractivity contribution in [2.45, 2.75) is 19.8 Å². The van der Waals surface area contributed by atoms with E-state index < -0.39 is 0 Å². The molecule has 18 heavy (non-hydrogen) atoms. The third-order valence-electron chi connectivity index (χ3n) is 3.31. The zero-order valence-electron chi connectivity index (χ0n) is 10.6. The van der Waals surface area contributed by atoms with Gasteiger partial charge in [-0.05, 0) is 36.7 Å². The second-order valence-electron chi connectivity index (χ2n) is 4.55. The Balaban J connectivity index is 2.22. The van der Waals surface area contributed by atoms with Crippen LogP contribution in [-0.2, 0) is 0 Å². The SMILES string of the molecule is CCC(CN)CC(=O)c1ccc2ncccc2c1. The van der Waals surface area contributed by atoms with Crippen molar-refractivity contribution >= 4 is 16.7 Å². The number of rotatable bonds is 5. The fraction of sp³-hybridized carbons (Fsp3) is 0.333. The maximum absolute atomic E-state index is 12.1. The molecule has 1 atom stereocenters. The minimum absolute atomic E-state index is 0.165. The van der Waals surface area contributed by atoms with Gasteiger partial charge < -0.3 is 5.73 Å². The van der Waals surface area contributed by atoms with Gasteiger partial charge in [0.1, 0.15) is 0 Å². The number of fused-ring (bicyclic) bond motifs is 1. The highest BCUT2D eigenvalue weighted by atomic mass is 16.1. The van der Waals surface area contributed by atoms with Crippen LogP contribution < -0.4 is 5.73 Å². The summed E-state index contributed by atoms with van der Waals surface area (Å²) >= 11 is 0. The summed E-state index contributed by atoms with van der Waals surface area (Å²) in [5.41, 5.74) is 7.31. The van der Waals surface area contributed by atoms with E-state index in [9.17, 15) is 4.79 Å². The molecule has 0 amide bonds. The van der Waals surface area contributed by atoms with E-state index >= 15 is 0 Å². The lowest BCUT2D eigenvalue weighted by Gasteiger charge is -2.11. The van der Waals surface area contributed by atoms with E-state index in [0.29, 0.717) is 13.0 Å². The molecule has 0 aliphatic carbocycles. The first-order valence-electron chi connectivity index (χ1n) is 6.32. The molecule has 1 aromatic carbocycles. The molecule has 0 bridgehead atoms. The van der Waals surface area contributed by atoms with Crippen LogP contribution in [0.1, 0.15) is 30.1 Å². The van der Waals surface area contributed by atoms with E-state index in [1.165, 1.54) is 0 Å². The number of pyridine rings is 1. The number of nitrogens with zero attached hydrogens (tertiary/aromatic N) is 1. The average Bonchev–Trinajstić information content (AvgIpc) is 2.44. The summed E-state index contributed by atoms with van der Waals surface area (Å²) in [6.07, 6.45) is 3.22. The smallest absolute Gasteiger partial charge is 0.163 e. The number of nitrogens with two attached hydrogens (primary N) is 1. The van der Waals surface area contributed by atoms with Crippen molar-refractivity contribution in [1.82, 2.24) is 4.98 Å². The Hall–Kier alpha value is -1.74. The van der Waals surface area contributed by atoms with Crippen molar-refractivity contribution < 1.29 is 4.79 Å². The molecule has 0 aliphatic heterocycles. The summed E-state index contributed by atoms with van der Waals surface area (Å²) in [5.74, 6) is 0.445. The second-order valence-corrected chi connectivity index (χ2v) is 4.55. The van der Waals surface area contributed by atoms with Crippen molar-refractivity contribution in [2.75, 3.05) is 6.54 Å². The summed E-state index contributed by atoms with van der Waals surface area (Å²) in [6.45, 7) is 2.63. The molecule has 3 heteroatoms. The molecule has 0 saturated heterocycles. The van der Waals surface area contributed by atoms with Gasteiger partial charge in [0.2, 0.25) is 0 Å². The Kier molecular flexibility index (Phi) is 4.05. The lowest BCUT2D eigenvalue weighted by atomic mass is 9.95. The maximum atomic E-state index is 12.1. The highest BCUT2D eigenvalue weighted by Gasteiger charge is 2.12. The van der Waals surface area contributed by atoms with E-state index in [4.69, 9.17) is 5.73 Å². The van der Waals surface area contributed by atoms with Crippen molar-refractivity contribution in [3.8, 4) is 0 Å². The lowest BCUT2D eigenvalue weighted by Crippen LogP contribution is -2.17. The third-order valence-corrected chi connectivity index (χ3v) is 3.31. The molecule has 1 aromatic heterocycles. The zero-order chi connectivity index (χ0) is 13.0. The van der Waals surface area contributed by atoms with E-state index in [2.05, 4.69) is 11.9 Å². The Morgan fingerprint density at radius 1 is 1.39 bits per heavy atom. The summed E-state index contributed by atoms with van der Waals surface area (Å²) in [7, 11) is 0. The van der Waals surface area contributed by atoms with Gasteiger partial charge in [0.05, 0.1) is 5.52 Å². The molecule has 2 N–H and O–H groups in total. The molecule has 94 valence electrons. The highest BCUT2D eigenvalue weighted by molar-refractivity contribution is 5.99. The van der Waals surface area contributed by atoms with Gasteiger partial charge in [0, 0.05) is 23.6 Å². The van der Waals surface area contributed by atoms with Crippen LogP contribution in [0.3, 0.4) is 0 Å². The number of carbonyl (C=O) groups is 1. The van der Waals surface area contributed by atoms with Crippen molar-refractivity contribution in [2.24, 2.45) is 11.7 Å². The second kappa shape index (κ2) is 5.74. The number of hydrogen-bond acceptors (Lipinski definition) is 3. The van der Waals surface area contributed by atoms with Gasteiger partial charge in [-0.1, -0.05) is 19.4 Å². The zero-order valence-corrected chi connectivity index (χ0v) is 10.6. The number of hydrogen-bond donors (Lipinski definition) is 1. The Labute approximate surface area is 107 Å². The Bertz CT molecular complexity index is 547. The van der Waals surface area contributed by atoms with Crippen LogP contribution in [0, 0.1) is 5.92 Å². The van der Waals surface area contributed by atoms with Crippen LogP contribution in [0.5, 0.6) is 0 Å². The molecule has 0 radical (unpaired) electrons. The topological polar surface area (TPSA) is 56.0 Å². The standard InChI is InChI=1S/C15H18N2O/c1-2-11(10-16)8-15(18)13-5-6-14-12(9-13)4-3-7-17-14/h3-7,9,11H,2,8,10,16H2,1H3. The van der Waals surface area contributed by atoms with Crippen LogP contribution in [0.15, 0.2) is 36.5 Å². The van der Waals surface area contributed by atoms with Crippen molar-refractivity contribution in [1.29, 1.82) is 0 Å². The summed E-state index contributed by atoms with van der Waals surface area (Å²) < 4.78 is 0. The summed E-state index contributed by atoms with van der Waals surface area (Å²) in [5, 5.41) is 1.00. The van der Waals surface area contributed by atoms with Crippen LogP contribution >= 0.6 is 0 Å². The normalized spacial score (nSPS) is 12.6. The molecule has 0 spiro atoms. The van der Waals surface area contributed by atoms with Crippen LogP contribution in [0.25, 0.3) is 10.9 Å². The molecule has 2 rings (SSSR count). The van der Waals surface area contributed by atoms with Crippen molar-refractivity contribution in [3.05, 3.63) is 42.1 Å². The average molecular weight is 242 g/mol. The molecule has 0 saturated carbocycles. The molecule has 0 fully saturated rings. The van der Waals surface area contributed by atoms with Gasteiger partial charge in [-0.25, -0.2) is 0 Å². The third kappa shape index (κ3) is 2.74. The van der Waals surface area contributed by atoms with Gasteiger partial charge in [-0.3, -0.25) is 9.78 Å². The first-order chi connectivity index (χ1) is 8.74. The largest absolute Gasteiger partial charge is 0.330 e. The first-order valence-corrected chi connectivity index (χ1v) is 6.32. The molecule has 1 unspecified atom stereocenters. The molecule has 0 aliphatic rings. The molecular weight excluding hydrogens is 224 g/mol. The van der Waals surface area contributed by atoms with Crippen LogP contribution in [0.4, 0.5) is 0 Å². The maximum Gasteiger partial charge on any atom is 0.163 e. The fourth-order valence-electron chi connectivity index (χ4n) is 2.02. The minimum Gasteiger partial charge on any atom is -0.330 e. The van der Waals surface area contributed by atoms with Crippen LogP contribution in [-0.4, -0.2) is 17.3 Å². The van der Waals surface area contributed by atoms with Crippen molar-refractivity contribution in [3.63, 3.8) is 0 Å². The van der Waals surface area contributed by atoms with Gasteiger partial charge in [-0.2, -0.15) is 0 Å². The van der Waals surface area contributed by atoms with E-state index in [0.717, 1.165) is 22.9 Å². The van der Waals surface area contributed by atoms with E-state index in [-0.39, 0.29) is 11.7 Å². The fourth-order valence-corrected chi connectivity index (χ4v) is 2.02. The number of aromatic nitrogens is 1. The summed E-state index contributed by atoms with van der Waals surface area (Å²) in [6, 6.07) is 9.51.